The molecule has 0 unspecified atom stereocenters. The third kappa shape index (κ3) is 3.15. The predicted octanol–water partition coefficient (Wildman–Crippen LogP) is 2.40. The van der Waals surface area contributed by atoms with Crippen LogP contribution in [0.1, 0.15) is 11.3 Å². The van der Waals surface area contributed by atoms with Crippen LogP contribution in [0.5, 0.6) is 0 Å². The van der Waals surface area contributed by atoms with E-state index in [1.807, 2.05) is 18.2 Å². The van der Waals surface area contributed by atoms with Crippen molar-refractivity contribution in [2.24, 2.45) is 7.05 Å². The second kappa shape index (κ2) is 5.89. The minimum Gasteiger partial charge on any atom is -0.365 e. The zero-order chi connectivity index (χ0) is 13.8. The second-order valence-electron chi connectivity index (χ2n) is 4.36. The Morgan fingerprint density at radius 3 is 2.68 bits per heavy atom. The standard InChI is InChI=1S/C14H16ClN3O/c1-10-12(15)17-13(14(19)18(10)2)16-9-8-11-6-4-3-5-7-11/h3-7H,8-9H2,1-2H3,(H,16,17). The quantitative estimate of drug-likeness (QED) is 0.933. The summed E-state index contributed by atoms with van der Waals surface area (Å²) in [5, 5.41) is 3.39. The summed E-state index contributed by atoms with van der Waals surface area (Å²) in [6.45, 7) is 2.41. The number of hydrogen-bond acceptors (Lipinski definition) is 3. The van der Waals surface area contributed by atoms with Crippen LogP contribution >= 0.6 is 11.6 Å². The van der Waals surface area contributed by atoms with Crippen molar-refractivity contribution in [3.8, 4) is 0 Å². The van der Waals surface area contributed by atoms with E-state index in [4.69, 9.17) is 11.6 Å². The number of aromatic nitrogens is 2. The van der Waals surface area contributed by atoms with Crippen molar-refractivity contribution in [1.82, 2.24) is 9.55 Å². The fraction of sp³-hybridized carbons (Fsp3) is 0.286. The molecule has 1 heterocycles. The Balaban J connectivity index is 2.07. The van der Waals surface area contributed by atoms with E-state index in [-0.39, 0.29) is 5.56 Å². The fourth-order valence-corrected chi connectivity index (χ4v) is 1.97. The molecule has 0 amide bonds. The third-order valence-corrected chi connectivity index (χ3v) is 3.43. The van der Waals surface area contributed by atoms with E-state index in [0.717, 1.165) is 6.42 Å². The number of rotatable bonds is 4. The highest BCUT2D eigenvalue weighted by atomic mass is 35.5. The van der Waals surface area contributed by atoms with Crippen molar-refractivity contribution in [1.29, 1.82) is 0 Å². The van der Waals surface area contributed by atoms with Crippen molar-refractivity contribution in [3.63, 3.8) is 0 Å². The average molecular weight is 278 g/mol. The number of hydrogen-bond donors (Lipinski definition) is 1. The van der Waals surface area contributed by atoms with Gasteiger partial charge in [-0.05, 0) is 18.9 Å². The van der Waals surface area contributed by atoms with E-state index < -0.39 is 0 Å². The van der Waals surface area contributed by atoms with Crippen LogP contribution in [0.4, 0.5) is 5.82 Å². The van der Waals surface area contributed by atoms with E-state index >= 15 is 0 Å². The van der Waals surface area contributed by atoms with Crippen LogP contribution in [0.15, 0.2) is 35.1 Å². The Hall–Kier alpha value is -1.81. The molecule has 0 aliphatic carbocycles. The summed E-state index contributed by atoms with van der Waals surface area (Å²) in [5.74, 6) is 0.300. The Morgan fingerprint density at radius 2 is 2.00 bits per heavy atom. The van der Waals surface area contributed by atoms with Gasteiger partial charge in [0.2, 0.25) is 0 Å². The first-order chi connectivity index (χ1) is 9.09. The van der Waals surface area contributed by atoms with E-state index in [2.05, 4.69) is 22.4 Å². The normalized spacial score (nSPS) is 10.5. The van der Waals surface area contributed by atoms with Gasteiger partial charge in [-0.15, -0.1) is 0 Å². The molecule has 0 bridgehead atoms. The zero-order valence-corrected chi connectivity index (χ0v) is 11.7. The molecule has 0 aliphatic heterocycles. The lowest BCUT2D eigenvalue weighted by Crippen LogP contribution is -2.25. The van der Waals surface area contributed by atoms with Crippen LogP contribution in [0.25, 0.3) is 0 Å². The lowest BCUT2D eigenvalue weighted by molar-refractivity contribution is 0.799. The maximum Gasteiger partial charge on any atom is 0.293 e. The molecule has 0 atom stereocenters. The molecule has 100 valence electrons. The van der Waals surface area contributed by atoms with Gasteiger partial charge in [0.05, 0.1) is 5.69 Å². The zero-order valence-electron chi connectivity index (χ0n) is 11.0. The molecule has 2 aromatic rings. The van der Waals surface area contributed by atoms with Crippen LogP contribution in [0, 0.1) is 6.92 Å². The molecule has 0 aliphatic rings. The topological polar surface area (TPSA) is 46.9 Å². The number of nitrogens with zero attached hydrogens (tertiary/aromatic N) is 2. The number of benzene rings is 1. The number of anilines is 1. The van der Waals surface area contributed by atoms with E-state index in [0.29, 0.717) is 23.2 Å². The predicted molar refractivity (Wildman–Crippen MR) is 77.9 cm³/mol. The molecule has 0 spiro atoms. The largest absolute Gasteiger partial charge is 0.365 e. The van der Waals surface area contributed by atoms with Gasteiger partial charge in [0.25, 0.3) is 5.56 Å². The van der Waals surface area contributed by atoms with Gasteiger partial charge in [-0.25, -0.2) is 4.98 Å². The van der Waals surface area contributed by atoms with Gasteiger partial charge in [-0.1, -0.05) is 41.9 Å². The lowest BCUT2D eigenvalue weighted by Gasteiger charge is -2.10. The van der Waals surface area contributed by atoms with Gasteiger partial charge >= 0.3 is 0 Å². The summed E-state index contributed by atoms with van der Waals surface area (Å²) in [7, 11) is 1.69. The molecular formula is C14H16ClN3O. The molecule has 1 aromatic heterocycles. The molecule has 1 N–H and O–H groups in total. The smallest absolute Gasteiger partial charge is 0.293 e. The molecule has 0 radical (unpaired) electrons. The Kier molecular flexibility index (Phi) is 4.22. The van der Waals surface area contributed by atoms with Gasteiger partial charge in [-0.2, -0.15) is 0 Å². The number of halogens is 1. The first-order valence-corrected chi connectivity index (χ1v) is 6.48. The van der Waals surface area contributed by atoms with Crippen molar-refractivity contribution < 1.29 is 0 Å². The summed E-state index contributed by atoms with van der Waals surface area (Å²) < 4.78 is 1.50. The van der Waals surface area contributed by atoms with Crippen LogP contribution in [-0.2, 0) is 13.5 Å². The highest BCUT2D eigenvalue weighted by molar-refractivity contribution is 6.30. The SMILES string of the molecule is Cc1c(Cl)nc(NCCc2ccccc2)c(=O)n1C. The summed E-state index contributed by atoms with van der Waals surface area (Å²) in [6, 6.07) is 10.1. The average Bonchev–Trinajstić information content (AvgIpc) is 2.43. The van der Waals surface area contributed by atoms with Gasteiger partial charge in [0.1, 0.15) is 0 Å². The second-order valence-corrected chi connectivity index (χ2v) is 4.72. The minimum atomic E-state index is -0.157. The van der Waals surface area contributed by atoms with Crippen molar-refractivity contribution in [2.75, 3.05) is 11.9 Å². The molecule has 1 aromatic carbocycles. The molecule has 0 saturated heterocycles. The van der Waals surface area contributed by atoms with Gasteiger partial charge in [0.15, 0.2) is 11.0 Å². The van der Waals surface area contributed by atoms with E-state index in [1.54, 1.807) is 14.0 Å². The fourth-order valence-electron chi connectivity index (χ4n) is 1.76. The van der Waals surface area contributed by atoms with Crippen LogP contribution < -0.4 is 10.9 Å². The van der Waals surface area contributed by atoms with Crippen LogP contribution in [0.3, 0.4) is 0 Å². The minimum absolute atomic E-state index is 0.157. The van der Waals surface area contributed by atoms with Crippen molar-refractivity contribution >= 4 is 17.4 Å². The summed E-state index contributed by atoms with van der Waals surface area (Å²) in [4.78, 5) is 16.0. The monoisotopic (exact) mass is 277 g/mol. The Labute approximate surface area is 117 Å². The number of nitrogens with one attached hydrogen (secondary N) is 1. The van der Waals surface area contributed by atoms with Gasteiger partial charge in [-0.3, -0.25) is 4.79 Å². The lowest BCUT2D eigenvalue weighted by atomic mass is 10.1. The third-order valence-electron chi connectivity index (χ3n) is 3.07. The molecule has 5 heteroatoms. The van der Waals surface area contributed by atoms with Gasteiger partial charge in [0, 0.05) is 13.6 Å². The molecule has 4 nitrogen and oxygen atoms in total. The van der Waals surface area contributed by atoms with Crippen molar-refractivity contribution in [2.45, 2.75) is 13.3 Å². The maximum absolute atomic E-state index is 12.0. The summed E-state index contributed by atoms with van der Waals surface area (Å²) >= 11 is 5.98. The summed E-state index contributed by atoms with van der Waals surface area (Å²) in [6.07, 6.45) is 0.831. The molecular weight excluding hydrogens is 262 g/mol. The Morgan fingerprint density at radius 1 is 1.32 bits per heavy atom. The maximum atomic E-state index is 12.0. The van der Waals surface area contributed by atoms with E-state index in [9.17, 15) is 4.79 Å². The van der Waals surface area contributed by atoms with Crippen LogP contribution in [-0.4, -0.2) is 16.1 Å². The van der Waals surface area contributed by atoms with Gasteiger partial charge < -0.3 is 9.88 Å². The molecule has 0 saturated carbocycles. The Bertz CT molecular complexity index is 623. The van der Waals surface area contributed by atoms with Crippen LogP contribution in [0.2, 0.25) is 5.15 Å². The first-order valence-electron chi connectivity index (χ1n) is 6.10. The first kappa shape index (κ1) is 13.6. The highest BCUT2D eigenvalue weighted by Crippen LogP contribution is 2.11. The molecule has 0 fully saturated rings. The molecule has 2 rings (SSSR count). The van der Waals surface area contributed by atoms with Crippen molar-refractivity contribution in [3.05, 3.63) is 57.1 Å². The highest BCUT2D eigenvalue weighted by Gasteiger charge is 2.09. The molecule has 19 heavy (non-hydrogen) atoms. The summed E-state index contributed by atoms with van der Waals surface area (Å²) in [5.41, 5.74) is 1.72. The van der Waals surface area contributed by atoms with E-state index in [1.165, 1.54) is 10.1 Å².